The van der Waals surface area contributed by atoms with E-state index in [1.54, 1.807) is 0 Å². The Bertz CT molecular complexity index is 275. The molecule has 70 valence electrons. The van der Waals surface area contributed by atoms with Crippen LogP contribution < -0.4 is 5.73 Å². The molecule has 0 aromatic carbocycles. The predicted molar refractivity (Wildman–Crippen MR) is 53.2 cm³/mol. The number of hydrogen-bond donors (Lipinski definition) is 1. The Morgan fingerprint density at radius 1 is 1.54 bits per heavy atom. The number of pyridine rings is 1. The highest BCUT2D eigenvalue weighted by Gasteiger charge is 2.24. The third-order valence-electron chi connectivity index (χ3n) is 2.60. The molecule has 13 heavy (non-hydrogen) atoms. The average Bonchev–Trinajstić information content (AvgIpc) is 2.89. The Balaban J connectivity index is 2.01. The summed E-state index contributed by atoms with van der Waals surface area (Å²) < 4.78 is 0. The van der Waals surface area contributed by atoms with Gasteiger partial charge in [0.15, 0.2) is 0 Å². The minimum atomic E-state index is 0.146. The molecule has 1 aliphatic carbocycles. The maximum absolute atomic E-state index is 6.02. The van der Waals surface area contributed by atoms with Gasteiger partial charge in [0.1, 0.15) is 0 Å². The first kappa shape index (κ1) is 8.70. The molecule has 2 N–H and O–H groups in total. The van der Waals surface area contributed by atoms with Crippen LogP contribution in [0.3, 0.4) is 0 Å². The van der Waals surface area contributed by atoms with Crippen molar-refractivity contribution >= 4 is 0 Å². The van der Waals surface area contributed by atoms with Crippen molar-refractivity contribution in [1.82, 2.24) is 4.98 Å². The number of nitrogens with two attached hydrogens (primary N) is 1. The van der Waals surface area contributed by atoms with Crippen LogP contribution in [0.2, 0.25) is 0 Å². The van der Waals surface area contributed by atoms with E-state index in [2.05, 4.69) is 11.1 Å². The molecule has 0 spiro atoms. The Morgan fingerprint density at radius 3 is 2.85 bits per heavy atom. The Labute approximate surface area is 79.2 Å². The van der Waals surface area contributed by atoms with Crippen molar-refractivity contribution in [3.63, 3.8) is 0 Å². The van der Waals surface area contributed by atoms with Gasteiger partial charge < -0.3 is 5.73 Å². The van der Waals surface area contributed by atoms with Crippen LogP contribution in [0.4, 0.5) is 0 Å². The van der Waals surface area contributed by atoms with Crippen molar-refractivity contribution in [3.8, 4) is 0 Å². The summed E-state index contributed by atoms with van der Waals surface area (Å²) >= 11 is 0. The number of hydrogen-bond acceptors (Lipinski definition) is 2. The monoisotopic (exact) mass is 176 g/mol. The van der Waals surface area contributed by atoms with Gasteiger partial charge in [-0.3, -0.25) is 4.98 Å². The molecule has 2 nitrogen and oxygen atoms in total. The number of aryl methyl sites for hydroxylation is 1. The Morgan fingerprint density at radius 2 is 2.31 bits per heavy atom. The van der Waals surface area contributed by atoms with E-state index in [0.717, 1.165) is 18.0 Å². The van der Waals surface area contributed by atoms with Gasteiger partial charge in [-0.25, -0.2) is 0 Å². The van der Waals surface area contributed by atoms with E-state index < -0.39 is 0 Å². The summed E-state index contributed by atoms with van der Waals surface area (Å²) in [6.45, 7) is 2.04. The maximum atomic E-state index is 6.02. The molecule has 0 bridgehead atoms. The Hall–Kier alpha value is -0.890. The molecule has 0 radical (unpaired) electrons. The highest BCUT2D eigenvalue weighted by atomic mass is 14.8. The van der Waals surface area contributed by atoms with Crippen molar-refractivity contribution < 1.29 is 0 Å². The lowest BCUT2D eigenvalue weighted by Crippen LogP contribution is -2.12. The molecule has 1 aromatic rings. The Kier molecular flexibility index (Phi) is 2.32. The van der Waals surface area contributed by atoms with Gasteiger partial charge in [0, 0.05) is 12.2 Å². The molecule has 0 amide bonds. The lowest BCUT2D eigenvalue weighted by Gasteiger charge is -2.09. The molecule has 2 heteroatoms. The first-order valence-electron chi connectivity index (χ1n) is 4.94. The number of nitrogens with zero attached hydrogens (tertiary/aromatic N) is 1. The summed E-state index contributed by atoms with van der Waals surface area (Å²) in [4.78, 5) is 4.33. The third kappa shape index (κ3) is 2.28. The van der Waals surface area contributed by atoms with Crippen LogP contribution in [-0.4, -0.2) is 4.98 Å². The minimum Gasteiger partial charge on any atom is -0.323 e. The van der Waals surface area contributed by atoms with E-state index >= 15 is 0 Å². The summed E-state index contributed by atoms with van der Waals surface area (Å²) in [6.07, 6.45) is 5.72. The van der Waals surface area contributed by atoms with Gasteiger partial charge in [0.05, 0.1) is 5.69 Å². The minimum absolute atomic E-state index is 0.146. The van der Waals surface area contributed by atoms with Gasteiger partial charge in [-0.1, -0.05) is 18.9 Å². The number of aromatic nitrogens is 1. The van der Waals surface area contributed by atoms with Gasteiger partial charge in [0.2, 0.25) is 0 Å². The molecule has 0 aliphatic heterocycles. The largest absolute Gasteiger partial charge is 0.323 e. The molecule has 1 saturated carbocycles. The second-order valence-corrected chi connectivity index (χ2v) is 4.05. The van der Waals surface area contributed by atoms with Crippen LogP contribution in [-0.2, 0) is 0 Å². The summed E-state index contributed by atoms with van der Waals surface area (Å²) in [6, 6.07) is 4.27. The molecule has 0 saturated heterocycles. The smallest absolute Gasteiger partial charge is 0.0571 e. The molecule has 1 atom stereocenters. The highest BCUT2D eigenvalue weighted by molar-refractivity contribution is 5.15. The van der Waals surface area contributed by atoms with Crippen molar-refractivity contribution in [2.24, 2.45) is 11.7 Å². The zero-order chi connectivity index (χ0) is 9.26. The zero-order valence-electron chi connectivity index (χ0n) is 8.03. The van der Waals surface area contributed by atoms with E-state index in [1.807, 2.05) is 19.2 Å². The van der Waals surface area contributed by atoms with E-state index in [9.17, 15) is 0 Å². The summed E-state index contributed by atoms with van der Waals surface area (Å²) in [5.74, 6) is 0.873. The van der Waals surface area contributed by atoms with Crippen molar-refractivity contribution in [3.05, 3.63) is 29.6 Å². The van der Waals surface area contributed by atoms with Crippen molar-refractivity contribution in [1.29, 1.82) is 0 Å². The molecule has 2 rings (SSSR count). The van der Waals surface area contributed by atoms with Gasteiger partial charge in [0.25, 0.3) is 0 Å². The SMILES string of the molecule is Cc1ccc(C(N)CC2CC2)nc1. The van der Waals surface area contributed by atoms with Crippen LogP contribution in [0.1, 0.15) is 36.6 Å². The average molecular weight is 176 g/mol. The third-order valence-corrected chi connectivity index (χ3v) is 2.60. The predicted octanol–water partition coefficient (Wildman–Crippen LogP) is 2.19. The molecule has 1 aliphatic rings. The fourth-order valence-electron chi connectivity index (χ4n) is 1.53. The normalized spacial score (nSPS) is 18.6. The van der Waals surface area contributed by atoms with Crippen LogP contribution in [0, 0.1) is 12.8 Å². The summed E-state index contributed by atoms with van der Waals surface area (Å²) in [7, 11) is 0. The van der Waals surface area contributed by atoms with Gasteiger partial charge in [-0.05, 0) is 30.9 Å². The van der Waals surface area contributed by atoms with Crippen LogP contribution in [0.25, 0.3) is 0 Å². The van der Waals surface area contributed by atoms with E-state index in [-0.39, 0.29) is 6.04 Å². The zero-order valence-corrected chi connectivity index (χ0v) is 8.03. The topological polar surface area (TPSA) is 38.9 Å². The lowest BCUT2D eigenvalue weighted by atomic mass is 10.1. The maximum Gasteiger partial charge on any atom is 0.0571 e. The van der Waals surface area contributed by atoms with Crippen molar-refractivity contribution in [2.45, 2.75) is 32.2 Å². The molecule has 1 unspecified atom stereocenters. The molecular weight excluding hydrogens is 160 g/mol. The fraction of sp³-hybridized carbons (Fsp3) is 0.545. The highest BCUT2D eigenvalue weighted by Crippen LogP contribution is 2.36. The van der Waals surface area contributed by atoms with Crippen LogP contribution >= 0.6 is 0 Å². The van der Waals surface area contributed by atoms with Crippen LogP contribution in [0.15, 0.2) is 18.3 Å². The summed E-state index contributed by atoms with van der Waals surface area (Å²) in [5.41, 5.74) is 8.26. The lowest BCUT2D eigenvalue weighted by molar-refractivity contribution is 0.583. The van der Waals surface area contributed by atoms with E-state index in [1.165, 1.54) is 18.4 Å². The molecule has 1 heterocycles. The van der Waals surface area contributed by atoms with Gasteiger partial charge in [-0.2, -0.15) is 0 Å². The second-order valence-electron chi connectivity index (χ2n) is 4.05. The fourth-order valence-corrected chi connectivity index (χ4v) is 1.53. The van der Waals surface area contributed by atoms with Crippen LogP contribution in [0.5, 0.6) is 0 Å². The standard InChI is InChI=1S/C11H16N2/c1-8-2-5-11(13-7-8)10(12)6-9-3-4-9/h2,5,7,9-10H,3-4,6,12H2,1H3. The molecule has 1 aromatic heterocycles. The van der Waals surface area contributed by atoms with Gasteiger partial charge >= 0.3 is 0 Å². The number of rotatable bonds is 3. The first-order chi connectivity index (χ1) is 6.25. The second kappa shape index (κ2) is 3.46. The first-order valence-corrected chi connectivity index (χ1v) is 4.94. The van der Waals surface area contributed by atoms with Crippen molar-refractivity contribution in [2.75, 3.05) is 0 Å². The van der Waals surface area contributed by atoms with Gasteiger partial charge in [-0.15, -0.1) is 0 Å². The molecule has 1 fully saturated rings. The van der Waals surface area contributed by atoms with E-state index in [4.69, 9.17) is 5.73 Å². The quantitative estimate of drug-likeness (QED) is 0.766. The summed E-state index contributed by atoms with van der Waals surface area (Å²) in [5, 5.41) is 0. The van der Waals surface area contributed by atoms with E-state index in [0.29, 0.717) is 0 Å². The molecular formula is C11H16N2.